The third kappa shape index (κ3) is 3.83. The van der Waals surface area contributed by atoms with Gasteiger partial charge in [-0.25, -0.2) is 0 Å². The van der Waals surface area contributed by atoms with Gasteiger partial charge in [0.2, 0.25) is 0 Å². The minimum atomic E-state index is -0.00850. The average molecular weight is 406 g/mol. The number of hydrogen-bond acceptors (Lipinski definition) is 5. The number of para-hydroxylation sites is 1. The van der Waals surface area contributed by atoms with Crippen molar-refractivity contribution in [3.05, 3.63) is 60.3 Å². The Morgan fingerprint density at radius 1 is 0.933 bits per heavy atom. The number of benzene rings is 2. The molecule has 3 aromatic rings. The van der Waals surface area contributed by atoms with Crippen molar-refractivity contribution >= 4 is 11.6 Å². The van der Waals surface area contributed by atoms with Crippen molar-refractivity contribution in [1.82, 2.24) is 14.7 Å². The number of rotatable bonds is 5. The van der Waals surface area contributed by atoms with E-state index in [1.165, 1.54) is 5.69 Å². The van der Waals surface area contributed by atoms with E-state index in [1.807, 2.05) is 47.4 Å². The molecular formula is C23H26N4O3. The Morgan fingerprint density at radius 2 is 1.67 bits per heavy atom. The van der Waals surface area contributed by atoms with E-state index >= 15 is 0 Å². The zero-order valence-electron chi connectivity index (χ0n) is 17.5. The number of carbonyl (C=O) groups is 1. The van der Waals surface area contributed by atoms with Crippen LogP contribution >= 0.6 is 0 Å². The largest absolute Gasteiger partial charge is 0.497 e. The van der Waals surface area contributed by atoms with Gasteiger partial charge < -0.3 is 19.3 Å². The molecule has 1 aromatic heterocycles. The molecule has 0 aliphatic carbocycles. The van der Waals surface area contributed by atoms with Gasteiger partial charge in [0.15, 0.2) is 0 Å². The van der Waals surface area contributed by atoms with Gasteiger partial charge in [-0.2, -0.15) is 5.10 Å². The van der Waals surface area contributed by atoms with E-state index in [0.717, 1.165) is 18.7 Å². The van der Waals surface area contributed by atoms with Crippen LogP contribution in [-0.4, -0.2) is 61.0 Å². The second-order valence-corrected chi connectivity index (χ2v) is 7.22. The van der Waals surface area contributed by atoms with Gasteiger partial charge in [0.05, 0.1) is 19.9 Å². The Bertz CT molecular complexity index is 1020. The van der Waals surface area contributed by atoms with E-state index in [9.17, 15) is 4.79 Å². The highest BCUT2D eigenvalue weighted by molar-refractivity contribution is 5.94. The third-order valence-corrected chi connectivity index (χ3v) is 5.47. The minimum absolute atomic E-state index is 0.00850. The van der Waals surface area contributed by atoms with Gasteiger partial charge in [0.1, 0.15) is 17.2 Å². The molecule has 30 heavy (non-hydrogen) atoms. The van der Waals surface area contributed by atoms with Gasteiger partial charge in [0.25, 0.3) is 5.91 Å². The molecule has 1 amide bonds. The number of hydrogen-bond donors (Lipinski definition) is 0. The lowest BCUT2D eigenvalue weighted by Crippen LogP contribution is -2.49. The van der Waals surface area contributed by atoms with Gasteiger partial charge in [-0.3, -0.25) is 9.48 Å². The van der Waals surface area contributed by atoms with E-state index in [4.69, 9.17) is 9.47 Å². The Morgan fingerprint density at radius 3 is 2.33 bits per heavy atom. The molecule has 0 spiro atoms. The van der Waals surface area contributed by atoms with Crippen molar-refractivity contribution in [3.8, 4) is 22.8 Å². The molecule has 7 heteroatoms. The predicted molar refractivity (Wildman–Crippen MR) is 116 cm³/mol. The molecule has 7 nitrogen and oxygen atoms in total. The monoisotopic (exact) mass is 406 g/mol. The lowest BCUT2D eigenvalue weighted by atomic mass is 10.1. The summed E-state index contributed by atoms with van der Waals surface area (Å²) in [7, 11) is 5.03. The van der Waals surface area contributed by atoms with Crippen LogP contribution in [0.15, 0.2) is 54.6 Å². The number of aromatic nitrogens is 2. The number of methoxy groups -OCH3 is 2. The Hall–Kier alpha value is -3.48. The summed E-state index contributed by atoms with van der Waals surface area (Å²) in [6.45, 7) is 2.97. The van der Waals surface area contributed by atoms with E-state index in [0.29, 0.717) is 36.0 Å². The van der Waals surface area contributed by atoms with Crippen LogP contribution in [0.25, 0.3) is 11.3 Å². The van der Waals surface area contributed by atoms with E-state index in [-0.39, 0.29) is 5.91 Å². The third-order valence-electron chi connectivity index (χ3n) is 5.47. The van der Waals surface area contributed by atoms with E-state index in [2.05, 4.69) is 22.1 Å². The van der Waals surface area contributed by atoms with Gasteiger partial charge in [-0.15, -0.1) is 0 Å². The SMILES string of the molecule is COc1ccc(OC)c(-c2cc(C(=O)N3CCN(c4ccccc4)CC3)n(C)n2)c1. The maximum atomic E-state index is 13.2. The van der Waals surface area contributed by atoms with Crippen molar-refractivity contribution in [3.63, 3.8) is 0 Å². The molecule has 1 aliphatic rings. The number of piperazine rings is 1. The van der Waals surface area contributed by atoms with Crippen LogP contribution in [0.1, 0.15) is 10.5 Å². The molecule has 0 atom stereocenters. The summed E-state index contributed by atoms with van der Waals surface area (Å²) >= 11 is 0. The summed E-state index contributed by atoms with van der Waals surface area (Å²) < 4.78 is 12.4. The first-order valence-electron chi connectivity index (χ1n) is 9.96. The van der Waals surface area contributed by atoms with Crippen molar-refractivity contribution in [2.24, 2.45) is 7.05 Å². The maximum absolute atomic E-state index is 13.2. The molecule has 0 saturated carbocycles. The predicted octanol–water partition coefficient (Wildman–Crippen LogP) is 3.07. The molecule has 1 saturated heterocycles. The quantitative estimate of drug-likeness (QED) is 0.652. The maximum Gasteiger partial charge on any atom is 0.272 e. The molecular weight excluding hydrogens is 380 g/mol. The molecule has 1 aliphatic heterocycles. The second kappa shape index (κ2) is 8.49. The molecule has 4 rings (SSSR count). The van der Waals surface area contributed by atoms with Crippen molar-refractivity contribution in [2.45, 2.75) is 0 Å². The highest BCUT2D eigenvalue weighted by Gasteiger charge is 2.25. The lowest BCUT2D eigenvalue weighted by molar-refractivity contribution is 0.0735. The molecule has 156 valence electrons. The zero-order chi connectivity index (χ0) is 21.1. The first-order valence-corrected chi connectivity index (χ1v) is 9.96. The summed E-state index contributed by atoms with van der Waals surface area (Å²) in [5.41, 5.74) is 3.22. The van der Waals surface area contributed by atoms with Crippen LogP contribution in [-0.2, 0) is 7.05 Å². The Kier molecular flexibility index (Phi) is 5.61. The lowest BCUT2D eigenvalue weighted by Gasteiger charge is -2.36. The molecule has 0 N–H and O–H groups in total. The summed E-state index contributed by atoms with van der Waals surface area (Å²) in [5, 5.41) is 4.57. The van der Waals surface area contributed by atoms with E-state index in [1.54, 1.807) is 25.9 Å². The molecule has 2 aromatic carbocycles. The van der Waals surface area contributed by atoms with Crippen LogP contribution in [0, 0.1) is 0 Å². The second-order valence-electron chi connectivity index (χ2n) is 7.22. The van der Waals surface area contributed by atoms with Gasteiger partial charge in [-0.1, -0.05) is 18.2 Å². The first kappa shape index (κ1) is 19.8. The number of anilines is 1. The normalized spacial score (nSPS) is 14.0. The number of aryl methyl sites for hydroxylation is 1. The Labute approximate surface area is 176 Å². The van der Waals surface area contributed by atoms with Crippen molar-refractivity contribution in [1.29, 1.82) is 0 Å². The zero-order valence-corrected chi connectivity index (χ0v) is 17.5. The average Bonchev–Trinajstić information content (AvgIpc) is 3.20. The molecule has 1 fully saturated rings. The number of ether oxygens (including phenoxy) is 2. The summed E-state index contributed by atoms with van der Waals surface area (Å²) in [6.07, 6.45) is 0. The van der Waals surface area contributed by atoms with Gasteiger partial charge in [-0.05, 0) is 36.4 Å². The molecule has 0 radical (unpaired) electrons. The number of amides is 1. The van der Waals surface area contributed by atoms with Crippen LogP contribution in [0.5, 0.6) is 11.5 Å². The number of nitrogens with zero attached hydrogens (tertiary/aromatic N) is 4. The summed E-state index contributed by atoms with van der Waals surface area (Å²) in [6, 6.07) is 17.7. The highest BCUT2D eigenvalue weighted by Crippen LogP contribution is 2.33. The topological polar surface area (TPSA) is 59.8 Å². The van der Waals surface area contributed by atoms with Crippen LogP contribution in [0.4, 0.5) is 5.69 Å². The fourth-order valence-corrected chi connectivity index (χ4v) is 3.78. The molecule has 0 unspecified atom stereocenters. The Balaban J connectivity index is 1.52. The molecule has 2 heterocycles. The van der Waals surface area contributed by atoms with Crippen molar-refractivity contribution < 1.29 is 14.3 Å². The van der Waals surface area contributed by atoms with E-state index < -0.39 is 0 Å². The standard InChI is InChI=1S/C23H26N4O3/c1-25-21(16-20(24-25)19-15-18(29-2)9-10-22(19)30-3)23(28)27-13-11-26(12-14-27)17-7-5-4-6-8-17/h4-10,15-16H,11-14H2,1-3H3. The fourth-order valence-electron chi connectivity index (χ4n) is 3.78. The minimum Gasteiger partial charge on any atom is -0.497 e. The highest BCUT2D eigenvalue weighted by atomic mass is 16.5. The van der Waals surface area contributed by atoms with Crippen LogP contribution in [0.3, 0.4) is 0 Å². The summed E-state index contributed by atoms with van der Waals surface area (Å²) in [5.74, 6) is 1.39. The molecule has 0 bridgehead atoms. The van der Waals surface area contributed by atoms with Gasteiger partial charge in [0, 0.05) is 44.5 Å². The fraction of sp³-hybridized carbons (Fsp3) is 0.304. The number of carbonyl (C=O) groups excluding carboxylic acids is 1. The van der Waals surface area contributed by atoms with Crippen LogP contribution in [0.2, 0.25) is 0 Å². The smallest absolute Gasteiger partial charge is 0.272 e. The van der Waals surface area contributed by atoms with Crippen molar-refractivity contribution in [2.75, 3.05) is 45.3 Å². The summed E-state index contributed by atoms with van der Waals surface area (Å²) in [4.78, 5) is 17.4. The van der Waals surface area contributed by atoms with Crippen LogP contribution < -0.4 is 14.4 Å². The van der Waals surface area contributed by atoms with Gasteiger partial charge >= 0.3 is 0 Å². The first-order chi connectivity index (χ1) is 14.6.